The van der Waals surface area contributed by atoms with Crippen molar-refractivity contribution in [3.63, 3.8) is 0 Å². The lowest BCUT2D eigenvalue weighted by Gasteiger charge is -2.39. The second-order valence-electron chi connectivity index (χ2n) is 7.37. The Morgan fingerprint density at radius 3 is 2.28 bits per heavy atom. The smallest absolute Gasteiger partial charge is 0.331 e. The van der Waals surface area contributed by atoms with E-state index < -0.39 is 11.5 Å². The van der Waals surface area contributed by atoms with Crippen molar-refractivity contribution in [2.75, 3.05) is 32.7 Å². The van der Waals surface area contributed by atoms with Gasteiger partial charge in [-0.25, -0.2) is 4.79 Å². The standard InChI is InChI=1S/C18H28N4O3/c1-15-12-19-22(13-15)18(17(24)25)6-10-21(11-7-18)16(23)14-20-8-4-2-3-5-9-20/h12-13H,2-11,14H2,1H3,(H,24,25). The van der Waals surface area contributed by atoms with Crippen molar-refractivity contribution in [3.8, 4) is 0 Å². The van der Waals surface area contributed by atoms with Gasteiger partial charge in [0.1, 0.15) is 0 Å². The van der Waals surface area contributed by atoms with Crippen LogP contribution in [0.2, 0.25) is 0 Å². The van der Waals surface area contributed by atoms with Crippen LogP contribution in [0.4, 0.5) is 0 Å². The lowest BCUT2D eigenvalue weighted by atomic mass is 9.87. The van der Waals surface area contributed by atoms with Crippen molar-refractivity contribution in [2.45, 2.75) is 51.0 Å². The molecule has 2 fully saturated rings. The summed E-state index contributed by atoms with van der Waals surface area (Å²) in [5, 5.41) is 14.0. The van der Waals surface area contributed by atoms with Crippen LogP contribution in [0.3, 0.4) is 0 Å². The van der Waals surface area contributed by atoms with E-state index in [1.165, 1.54) is 12.8 Å². The molecule has 2 aliphatic heterocycles. The van der Waals surface area contributed by atoms with Crippen LogP contribution in [-0.4, -0.2) is 69.3 Å². The molecule has 1 amide bonds. The molecule has 0 bridgehead atoms. The number of rotatable bonds is 4. The summed E-state index contributed by atoms with van der Waals surface area (Å²) in [6, 6.07) is 0. The molecule has 7 nitrogen and oxygen atoms in total. The molecule has 1 aromatic heterocycles. The lowest BCUT2D eigenvalue weighted by molar-refractivity contribution is -0.153. The van der Waals surface area contributed by atoms with Gasteiger partial charge < -0.3 is 10.0 Å². The third kappa shape index (κ3) is 3.86. The number of carbonyl (C=O) groups excluding carboxylic acids is 1. The molecule has 0 spiro atoms. The molecular formula is C18H28N4O3. The van der Waals surface area contributed by atoms with E-state index in [0.29, 0.717) is 32.5 Å². The number of aryl methyl sites for hydroxylation is 1. The predicted molar refractivity (Wildman–Crippen MR) is 93.3 cm³/mol. The van der Waals surface area contributed by atoms with Crippen molar-refractivity contribution in [1.29, 1.82) is 0 Å². The first-order chi connectivity index (χ1) is 12.0. The van der Waals surface area contributed by atoms with Gasteiger partial charge in [-0.2, -0.15) is 5.10 Å². The molecule has 0 saturated carbocycles. The van der Waals surface area contributed by atoms with Crippen LogP contribution in [-0.2, 0) is 15.1 Å². The number of carboxylic acid groups (broad SMARTS) is 1. The molecule has 2 aliphatic rings. The zero-order valence-corrected chi connectivity index (χ0v) is 15.0. The van der Waals surface area contributed by atoms with E-state index in [9.17, 15) is 14.7 Å². The molecule has 7 heteroatoms. The third-order valence-corrected chi connectivity index (χ3v) is 5.55. The van der Waals surface area contributed by atoms with Gasteiger partial charge in [0.25, 0.3) is 0 Å². The van der Waals surface area contributed by atoms with Crippen molar-refractivity contribution in [2.24, 2.45) is 0 Å². The topological polar surface area (TPSA) is 78.7 Å². The Balaban J connectivity index is 1.61. The van der Waals surface area contributed by atoms with Crippen LogP contribution >= 0.6 is 0 Å². The highest BCUT2D eigenvalue weighted by Crippen LogP contribution is 2.30. The number of piperidine rings is 1. The molecule has 25 heavy (non-hydrogen) atoms. The minimum atomic E-state index is -1.03. The molecule has 3 heterocycles. The van der Waals surface area contributed by atoms with Crippen LogP contribution in [0.25, 0.3) is 0 Å². The van der Waals surface area contributed by atoms with E-state index in [0.717, 1.165) is 31.5 Å². The SMILES string of the molecule is Cc1cnn(C2(C(=O)O)CCN(C(=O)CN3CCCCCC3)CC2)c1. The Hall–Kier alpha value is -1.89. The first-order valence-corrected chi connectivity index (χ1v) is 9.26. The fraction of sp³-hybridized carbons (Fsp3) is 0.722. The van der Waals surface area contributed by atoms with E-state index >= 15 is 0 Å². The summed E-state index contributed by atoms with van der Waals surface area (Å²) in [5.41, 5.74) is -0.0894. The van der Waals surface area contributed by atoms with Gasteiger partial charge in [-0.3, -0.25) is 14.4 Å². The minimum Gasteiger partial charge on any atom is -0.479 e. The van der Waals surface area contributed by atoms with Gasteiger partial charge >= 0.3 is 5.97 Å². The summed E-state index contributed by atoms with van der Waals surface area (Å²) in [6.07, 6.45) is 9.08. The van der Waals surface area contributed by atoms with Crippen LogP contribution in [0.5, 0.6) is 0 Å². The highest BCUT2D eigenvalue weighted by molar-refractivity contribution is 5.80. The molecule has 0 atom stereocenters. The Morgan fingerprint density at radius 2 is 1.76 bits per heavy atom. The second-order valence-corrected chi connectivity index (χ2v) is 7.37. The minimum absolute atomic E-state index is 0.123. The molecule has 138 valence electrons. The summed E-state index contributed by atoms with van der Waals surface area (Å²) in [4.78, 5) is 28.6. The van der Waals surface area contributed by atoms with E-state index in [1.807, 2.05) is 11.8 Å². The summed E-state index contributed by atoms with van der Waals surface area (Å²) < 4.78 is 1.57. The number of aromatic nitrogens is 2. The van der Waals surface area contributed by atoms with Gasteiger partial charge in [0.2, 0.25) is 5.91 Å². The fourth-order valence-electron chi connectivity index (χ4n) is 3.90. The Kier molecular flexibility index (Phi) is 5.42. The van der Waals surface area contributed by atoms with Gasteiger partial charge in [-0.1, -0.05) is 12.8 Å². The maximum absolute atomic E-state index is 12.6. The molecule has 0 unspecified atom stereocenters. The molecule has 0 radical (unpaired) electrons. The largest absolute Gasteiger partial charge is 0.479 e. The van der Waals surface area contributed by atoms with E-state index in [1.54, 1.807) is 17.1 Å². The van der Waals surface area contributed by atoms with Gasteiger partial charge in [-0.05, 0) is 38.4 Å². The highest BCUT2D eigenvalue weighted by atomic mass is 16.4. The average molecular weight is 348 g/mol. The summed E-state index contributed by atoms with van der Waals surface area (Å²) in [7, 11) is 0. The number of aliphatic carboxylic acids is 1. The predicted octanol–water partition coefficient (Wildman–Crippen LogP) is 1.47. The van der Waals surface area contributed by atoms with Gasteiger partial charge in [0, 0.05) is 32.1 Å². The number of carboxylic acids is 1. The average Bonchev–Trinajstić information content (AvgIpc) is 2.88. The van der Waals surface area contributed by atoms with E-state index in [4.69, 9.17) is 0 Å². The second kappa shape index (κ2) is 7.56. The van der Waals surface area contributed by atoms with Gasteiger partial charge in [0.15, 0.2) is 5.54 Å². The van der Waals surface area contributed by atoms with Crippen LogP contribution in [0, 0.1) is 6.92 Å². The van der Waals surface area contributed by atoms with Crippen molar-refractivity contribution in [3.05, 3.63) is 18.0 Å². The first kappa shape index (κ1) is 17.9. The summed E-state index contributed by atoms with van der Waals surface area (Å²) in [5.74, 6) is -0.743. The number of nitrogens with zero attached hydrogens (tertiary/aromatic N) is 4. The quantitative estimate of drug-likeness (QED) is 0.891. The van der Waals surface area contributed by atoms with Gasteiger partial charge in [0.05, 0.1) is 12.7 Å². The normalized spacial score (nSPS) is 21.7. The zero-order chi connectivity index (χ0) is 17.9. The molecule has 1 aromatic rings. The number of amides is 1. The maximum atomic E-state index is 12.6. The maximum Gasteiger partial charge on any atom is 0.331 e. The van der Waals surface area contributed by atoms with Crippen molar-refractivity contribution in [1.82, 2.24) is 19.6 Å². The number of hydrogen-bond donors (Lipinski definition) is 1. The highest BCUT2D eigenvalue weighted by Gasteiger charge is 2.45. The Labute approximate surface area is 148 Å². The molecule has 0 aromatic carbocycles. The summed E-state index contributed by atoms with van der Waals surface area (Å²) >= 11 is 0. The Bertz CT molecular complexity index is 612. The van der Waals surface area contributed by atoms with Crippen molar-refractivity contribution < 1.29 is 14.7 Å². The first-order valence-electron chi connectivity index (χ1n) is 9.26. The van der Waals surface area contributed by atoms with E-state index in [-0.39, 0.29) is 5.91 Å². The third-order valence-electron chi connectivity index (χ3n) is 5.55. The van der Waals surface area contributed by atoms with Crippen LogP contribution in [0.1, 0.15) is 44.1 Å². The van der Waals surface area contributed by atoms with Gasteiger partial charge in [-0.15, -0.1) is 0 Å². The lowest BCUT2D eigenvalue weighted by Crippen LogP contribution is -2.54. The van der Waals surface area contributed by atoms with Crippen LogP contribution in [0.15, 0.2) is 12.4 Å². The summed E-state index contributed by atoms with van der Waals surface area (Å²) in [6.45, 7) is 5.28. The van der Waals surface area contributed by atoms with E-state index in [2.05, 4.69) is 10.00 Å². The zero-order valence-electron chi connectivity index (χ0n) is 15.0. The van der Waals surface area contributed by atoms with Crippen molar-refractivity contribution >= 4 is 11.9 Å². The number of hydrogen-bond acceptors (Lipinski definition) is 4. The monoisotopic (exact) mass is 348 g/mol. The number of likely N-dealkylation sites (tertiary alicyclic amines) is 2. The molecule has 1 N–H and O–H groups in total. The molecular weight excluding hydrogens is 320 g/mol. The Morgan fingerprint density at radius 1 is 1.12 bits per heavy atom. The molecule has 3 rings (SSSR count). The molecule has 0 aliphatic carbocycles. The molecule has 2 saturated heterocycles. The number of carbonyl (C=O) groups is 2. The fourth-order valence-corrected chi connectivity index (χ4v) is 3.90. The van der Waals surface area contributed by atoms with Crippen LogP contribution < -0.4 is 0 Å².